The molecular formula is C95H165FN6O18. The van der Waals surface area contributed by atoms with E-state index in [0.717, 1.165) is 123 Å². The molecule has 0 aromatic heterocycles. The van der Waals surface area contributed by atoms with Crippen LogP contribution in [-0.2, 0) is 86.0 Å². The van der Waals surface area contributed by atoms with Crippen molar-refractivity contribution in [1.82, 2.24) is 29.4 Å². The Morgan fingerprint density at radius 2 is 0.508 bits per heavy atom. The molecule has 15 atom stereocenters. The monoisotopic (exact) mass is 1700 g/mol. The number of likely N-dealkylation sites (tertiary alicyclic amines) is 6. The fourth-order valence-electron chi connectivity index (χ4n) is 19.7. The SMILES string of the molecule is COC(=O)C[C@H](C(=O)N1CCC[C@H]1C(C)C)C1CC1.COC(=O)C[C@H](C(=O)N1CCC[C@H]1C(C)C)C1CCC1.COC(=O)C[C@H](C(=O)N1CCC[C@H]1C(C)C)C1CCCC1.COC(=O)C[C@H](C(=O)N1C[C@@H](C)C[C@H]1C(C)C)C(C)C.COC(=O)C[C@H](C(=O)N1C[C@@H](F)C[C@H]1C(C)C)C(C)C.COC(=O)C[C@H](C(=O)N1C[C@H](C)C[C@H]1C(C)C)C(C)C. The molecule has 6 aliphatic heterocycles. The van der Waals surface area contributed by atoms with Crippen LogP contribution in [0.4, 0.5) is 4.39 Å². The Hall–Kier alpha value is -6.43. The molecule has 24 nitrogen and oxygen atoms in total. The first-order chi connectivity index (χ1) is 56.4. The second-order valence-electron chi connectivity index (χ2n) is 39.5. The number of hydrogen-bond donors (Lipinski definition) is 0. The Balaban J connectivity index is 0.000000303. The molecule has 0 radical (unpaired) electrons. The van der Waals surface area contributed by atoms with E-state index >= 15 is 0 Å². The summed E-state index contributed by atoms with van der Waals surface area (Å²) in [5.41, 5.74) is 0. The topological polar surface area (TPSA) is 280 Å². The van der Waals surface area contributed by atoms with E-state index in [9.17, 15) is 61.9 Å². The van der Waals surface area contributed by atoms with E-state index in [0.29, 0.717) is 95.8 Å². The van der Waals surface area contributed by atoms with Gasteiger partial charge in [0.05, 0.1) is 123 Å². The number of halogens is 1. The molecule has 6 amide bonds. The van der Waals surface area contributed by atoms with Gasteiger partial charge in [0, 0.05) is 75.4 Å². The van der Waals surface area contributed by atoms with Gasteiger partial charge in [-0.3, -0.25) is 57.5 Å². The molecule has 9 rings (SSSR count). The number of carbonyl (C=O) groups is 12. The van der Waals surface area contributed by atoms with Crippen LogP contribution >= 0.6 is 0 Å². The van der Waals surface area contributed by atoms with Crippen LogP contribution in [0.5, 0.6) is 0 Å². The highest BCUT2D eigenvalue weighted by Crippen LogP contribution is 2.44. The second kappa shape index (κ2) is 51.7. The third kappa shape index (κ3) is 31.7. The normalized spacial score (nSPS) is 24.4. The van der Waals surface area contributed by atoms with Crippen LogP contribution in [0.1, 0.15) is 293 Å². The lowest BCUT2D eigenvalue weighted by molar-refractivity contribution is -0.150. The fourth-order valence-corrected chi connectivity index (χ4v) is 19.7. The molecule has 120 heavy (non-hydrogen) atoms. The van der Waals surface area contributed by atoms with Crippen molar-refractivity contribution in [2.75, 3.05) is 81.9 Å². The maximum absolute atomic E-state index is 13.7. The Morgan fingerprint density at radius 1 is 0.275 bits per heavy atom. The van der Waals surface area contributed by atoms with Gasteiger partial charge in [-0.15, -0.1) is 0 Å². The molecule has 0 aromatic carbocycles. The van der Waals surface area contributed by atoms with Crippen LogP contribution in [0, 0.1) is 118 Å². The largest absolute Gasteiger partial charge is 0.469 e. The summed E-state index contributed by atoms with van der Waals surface area (Å²) in [6.07, 6.45) is 19.3. The molecule has 9 aliphatic rings. The predicted molar refractivity (Wildman–Crippen MR) is 464 cm³/mol. The number of alkyl halides is 1. The lowest BCUT2D eigenvalue weighted by atomic mass is 9.73. The first-order valence-electron chi connectivity index (χ1n) is 46.3. The van der Waals surface area contributed by atoms with Gasteiger partial charge in [0.1, 0.15) is 6.17 Å². The minimum Gasteiger partial charge on any atom is -0.469 e. The molecule has 0 bridgehead atoms. The molecule has 3 aliphatic carbocycles. The van der Waals surface area contributed by atoms with Gasteiger partial charge in [-0.2, -0.15) is 0 Å². The molecule has 6 heterocycles. The number of nitrogens with zero attached hydrogens (tertiary/aromatic N) is 6. The first kappa shape index (κ1) is 106. The minimum atomic E-state index is -0.961. The molecule has 0 N–H and O–H groups in total. The predicted octanol–water partition coefficient (Wildman–Crippen LogP) is 15.7. The van der Waals surface area contributed by atoms with Gasteiger partial charge in [0.2, 0.25) is 35.4 Å². The standard InChI is InChI=1S/C17H29NO3.C16H27NO3.2C16H29NO3.C15H26FNO3.C15H25NO3/c1-12(2)15-9-6-10-18(15)17(20)14(11-16(19)21-3)13-7-4-5-8-13;1-11(2)14-8-5-9-17(14)16(19)13(10-15(18)20-3)12-6-4-7-12;2*1-10(2)13(8-15(18)20-6)16(19)17-9-12(5)7-14(17)11(3)4;1-9(2)12(7-14(18)20-5)15(19)17-8-11(16)6-13(17)10(3)4;1-10(2)13-5-4-8-16(13)15(18)12(11-6-7-11)9-14(17)19-3/h12-15H,4-11H2,1-3H3;11-14H,4-10H2,1-3H3;2*10-14H,7-9H2,1-6H3;9-13H,6-8H2,1-5H3;10-13H,4-9H2,1-3H3/t14-,15-;13-,14-;12-,13+,14+;12-,13-,14-;11-,12-,13-;12-,13-/m001000/s1. The Labute approximate surface area is 722 Å². The molecule has 0 spiro atoms. The van der Waals surface area contributed by atoms with Crippen molar-refractivity contribution in [3.63, 3.8) is 0 Å². The minimum absolute atomic E-state index is 0.0214. The summed E-state index contributed by atoms with van der Waals surface area (Å²) in [5.74, 6) is 2.61. The second-order valence-corrected chi connectivity index (χ2v) is 39.5. The molecule has 9 fully saturated rings. The summed E-state index contributed by atoms with van der Waals surface area (Å²) in [7, 11) is 8.26. The summed E-state index contributed by atoms with van der Waals surface area (Å²) < 4.78 is 42.1. The fraction of sp³-hybridized carbons (Fsp3) is 0.874. The summed E-state index contributed by atoms with van der Waals surface area (Å²) in [6.45, 7) is 46.2. The van der Waals surface area contributed by atoms with Crippen LogP contribution in [0.2, 0.25) is 0 Å². The van der Waals surface area contributed by atoms with Crippen LogP contribution in [0.15, 0.2) is 0 Å². The lowest BCUT2D eigenvalue weighted by Gasteiger charge is -2.37. The van der Waals surface area contributed by atoms with Crippen molar-refractivity contribution in [1.29, 1.82) is 0 Å². The summed E-state index contributed by atoms with van der Waals surface area (Å²) >= 11 is 0. The van der Waals surface area contributed by atoms with Crippen LogP contribution in [0.25, 0.3) is 0 Å². The maximum Gasteiger partial charge on any atom is 0.306 e. The number of hydrogen-bond acceptors (Lipinski definition) is 18. The van der Waals surface area contributed by atoms with Crippen molar-refractivity contribution in [3.8, 4) is 0 Å². The van der Waals surface area contributed by atoms with E-state index in [-0.39, 0.29) is 170 Å². The summed E-state index contributed by atoms with van der Waals surface area (Å²) in [6, 6.07) is 1.58. The van der Waals surface area contributed by atoms with Gasteiger partial charge in [0.15, 0.2) is 0 Å². The molecule has 0 unspecified atom stereocenters. The van der Waals surface area contributed by atoms with E-state index in [1.807, 2.05) is 75.0 Å². The van der Waals surface area contributed by atoms with Gasteiger partial charge in [-0.05, 0) is 173 Å². The number of esters is 6. The first-order valence-corrected chi connectivity index (χ1v) is 46.3. The molecule has 25 heteroatoms. The molecule has 0 aromatic rings. The van der Waals surface area contributed by atoms with Crippen molar-refractivity contribution >= 4 is 71.3 Å². The zero-order valence-corrected chi connectivity index (χ0v) is 79.2. The number of ether oxygens (including phenoxy) is 6. The maximum atomic E-state index is 13.7. The van der Waals surface area contributed by atoms with Gasteiger partial charge < -0.3 is 57.8 Å². The van der Waals surface area contributed by atoms with Crippen LogP contribution < -0.4 is 0 Å². The Bertz CT molecular complexity index is 3050. The van der Waals surface area contributed by atoms with E-state index in [1.54, 1.807) is 4.90 Å². The van der Waals surface area contributed by atoms with Crippen molar-refractivity contribution in [2.24, 2.45) is 118 Å². The zero-order chi connectivity index (χ0) is 90.4. The van der Waals surface area contributed by atoms with Crippen LogP contribution in [-0.4, -0.2) is 225 Å². The third-order valence-corrected chi connectivity index (χ3v) is 27.5. The lowest BCUT2D eigenvalue weighted by Crippen LogP contribution is -2.45. The van der Waals surface area contributed by atoms with E-state index in [2.05, 4.69) is 92.7 Å². The zero-order valence-electron chi connectivity index (χ0n) is 79.2. The average molecular weight is 1700 g/mol. The number of rotatable bonds is 30. The molecule has 3 saturated carbocycles. The summed E-state index contributed by atoms with van der Waals surface area (Å²) in [5, 5.41) is 0. The van der Waals surface area contributed by atoms with E-state index in [4.69, 9.17) is 23.7 Å². The number of methoxy groups -OCH3 is 6. The molecular weight excluding hydrogens is 1530 g/mol. The van der Waals surface area contributed by atoms with Gasteiger partial charge >= 0.3 is 35.8 Å². The van der Waals surface area contributed by atoms with E-state index in [1.165, 1.54) is 61.9 Å². The summed E-state index contributed by atoms with van der Waals surface area (Å²) in [4.78, 5) is 158. The number of carbonyl (C=O) groups excluding carboxylic acids is 12. The van der Waals surface area contributed by atoms with Crippen LogP contribution in [0.3, 0.4) is 0 Å². The Kier molecular flexibility index (Phi) is 45.7. The highest BCUT2D eigenvalue weighted by molar-refractivity contribution is 5.88. The number of amides is 6. The highest BCUT2D eigenvalue weighted by Gasteiger charge is 2.48. The van der Waals surface area contributed by atoms with E-state index < -0.39 is 18.1 Å². The highest BCUT2D eigenvalue weighted by atomic mass is 19.1. The smallest absolute Gasteiger partial charge is 0.306 e. The van der Waals surface area contributed by atoms with Crippen molar-refractivity contribution in [2.45, 2.75) is 335 Å². The average Bonchev–Trinajstić information content (AvgIpc) is 1.58. The quantitative estimate of drug-likeness (QED) is 0.0477. The molecule has 690 valence electrons. The van der Waals surface area contributed by atoms with Crippen molar-refractivity contribution in [3.05, 3.63) is 0 Å². The van der Waals surface area contributed by atoms with Gasteiger partial charge in [-0.25, -0.2) is 4.39 Å². The third-order valence-electron chi connectivity index (χ3n) is 27.5. The Morgan fingerprint density at radius 3 is 0.733 bits per heavy atom. The molecule has 6 saturated heterocycles. The van der Waals surface area contributed by atoms with Gasteiger partial charge in [0.25, 0.3) is 0 Å². The van der Waals surface area contributed by atoms with Crippen molar-refractivity contribution < 1.29 is 90.3 Å². The van der Waals surface area contributed by atoms with Gasteiger partial charge in [-0.1, -0.05) is 158 Å².